The van der Waals surface area contributed by atoms with E-state index in [-0.39, 0.29) is 18.1 Å². The van der Waals surface area contributed by atoms with Crippen LogP contribution in [0.1, 0.15) is 10.5 Å². The van der Waals surface area contributed by atoms with E-state index in [0.29, 0.717) is 6.61 Å². The zero-order chi connectivity index (χ0) is 14.7. The van der Waals surface area contributed by atoms with Crippen LogP contribution in [0.2, 0.25) is 0 Å². The molecule has 0 saturated carbocycles. The minimum atomic E-state index is -0.957. The second-order valence-corrected chi connectivity index (χ2v) is 5.04. The number of morpholine rings is 1. The fraction of sp³-hybridized carbons (Fsp3) is 0.400. The van der Waals surface area contributed by atoms with E-state index in [0.717, 1.165) is 49.5 Å². The van der Waals surface area contributed by atoms with Gasteiger partial charge in [-0.2, -0.15) is 0 Å². The number of ether oxygens (including phenoxy) is 2. The molecule has 1 aliphatic rings. The molecule has 0 amide bonds. The van der Waals surface area contributed by atoms with Gasteiger partial charge in [0.15, 0.2) is 0 Å². The van der Waals surface area contributed by atoms with Crippen molar-refractivity contribution in [3.8, 4) is 5.75 Å². The van der Waals surface area contributed by atoms with E-state index in [1.807, 2.05) is 18.2 Å². The van der Waals surface area contributed by atoms with Crippen LogP contribution in [0.25, 0.3) is 10.9 Å². The summed E-state index contributed by atoms with van der Waals surface area (Å²) in [7, 11) is 0. The first-order valence-corrected chi connectivity index (χ1v) is 7.01. The molecule has 1 fully saturated rings. The van der Waals surface area contributed by atoms with E-state index in [1.54, 1.807) is 6.07 Å². The molecule has 22 heavy (non-hydrogen) atoms. The van der Waals surface area contributed by atoms with Crippen LogP contribution >= 0.6 is 12.4 Å². The van der Waals surface area contributed by atoms with Gasteiger partial charge in [-0.3, -0.25) is 4.90 Å². The number of carboxylic acids is 1. The van der Waals surface area contributed by atoms with Gasteiger partial charge in [-0.25, -0.2) is 4.79 Å². The molecule has 6 nitrogen and oxygen atoms in total. The van der Waals surface area contributed by atoms with Crippen molar-refractivity contribution in [1.82, 2.24) is 9.88 Å². The van der Waals surface area contributed by atoms with Crippen LogP contribution in [0.3, 0.4) is 0 Å². The quantitative estimate of drug-likeness (QED) is 0.879. The number of nitrogens with one attached hydrogen (secondary N) is 1. The third-order valence-electron chi connectivity index (χ3n) is 3.60. The lowest BCUT2D eigenvalue weighted by Crippen LogP contribution is -2.38. The van der Waals surface area contributed by atoms with Crippen molar-refractivity contribution in [3.63, 3.8) is 0 Å². The van der Waals surface area contributed by atoms with Gasteiger partial charge >= 0.3 is 5.97 Å². The molecule has 7 heteroatoms. The average Bonchev–Trinajstić information content (AvgIpc) is 2.92. The van der Waals surface area contributed by atoms with Gasteiger partial charge < -0.3 is 19.6 Å². The summed E-state index contributed by atoms with van der Waals surface area (Å²) in [5, 5.41) is 9.81. The number of hydrogen-bond donors (Lipinski definition) is 2. The summed E-state index contributed by atoms with van der Waals surface area (Å²) in [5.74, 6) is -0.201. The van der Waals surface area contributed by atoms with E-state index >= 15 is 0 Å². The minimum absolute atomic E-state index is 0. The number of benzene rings is 1. The number of nitrogens with zero attached hydrogens (tertiary/aromatic N) is 1. The molecule has 0 unspecified atom stereocenters. The van der Waals surface area contributed by atoms with Gasteiger partial charge in [-0.15, -0.1) is 12.4 Å². The highest BCUT2D eigenvalue weighted by atomic mass is 35.5. The van der Waals surface area contributed by atoms with Gasteiger partial charge in [0.05, 0.1) is 13.2 Å². The molecular weight excluding hydrogens is 308 g/mol. The lowest BCUT2D eigenvalue weighted by Gasteiger charge is -2.26. The highest BCUT2D eigenvalue weighted by molar-refractivity contribution is 5.94. The highest BCUT2D eigenvalue weighted by Gasteiger charge is 2.10. The second kappa shape index (κ2) is 7.49. The van der Waals surface area contributed by atoms with Gasteiger partial charge in [0.2, 0.25) is 0 Å². The number of carbonyl (C=O) groups is 1. The third kappa shape index (κ3) is 3.91. The lowest BCUT2D eigenvalue weighted by molar-refractivity contribution is 0.0322. The van der Waals surface area contributed by atoms with Crippen molar-refractivity contribution >= 4 is 29.3 Å². The molecule has 1 aliphatic heterocycles. The van der Waals surface area contributed by atoms with Crippen molar-refractivity contribution in [3.05, 3.63) is 30.0 Å². The molecule has 2 N–H and O–H groups in total. The molecule has 0 aliphatic carbocycles. The van der Waals surface area contributed by atoms with Gasteiger partial charge in [-0.05, 0) is 24.3 Å². The van der Waals surface area contributed by atoms with Crippen LogP contribution in [0.15, 0.2) is 24.3 Å². The molecule has 0 atom stereocenters. The molecule has 0 spiro atoms. The fourth-order valence-corrected chi connectivity index (χ4v) is 2.43. The predicted octanol–water partition coefficient (Wildman–Crippen LogP) is 2.00. The summed E-state index contributed by atoms with van der Waals surface area (Å²) in [4.78, 5) is 16.1. The van der Waals surface area contributed by atoms with Crippen molar-refractivity contribution in [2.75, 3.05) is 39.5 Å². The molecule has 0 radical (unpaired) electrons. The molecule has 1 aromatic heterocycles. The molecule has 120 valence electrons. The van der Waals surface area contributed by atoms with E-state index in [9.17, 15) is 4.79 Å². The normalized spacial score (nSPS) is 15.5. The number of aromatic carboxylic acids is 1. The Labute approximate surface area is 134 Å². The van der Waals surface area contributed by atoms with Gasteiger partial charge in [0.25, 0.3) is 0 Å². The summed E-state index contributed by atoms with van der Waals surface area (Å²) in [6, 6.07) is 7.17. The first kappa shape index (κ1) is 16.6. The monoisotopic (exact) mass is 326 g/mol. The largest absolute Gasteiger partial charge is 0.492 e. The molecular formula is C15H19ClN2O4. The van der Waals surface area contributed by atoms with Gasteiger partial charge in [-0.1, -0.05) is 0 Å². The zero-order valence-corrected chi connectivity index (χ0v) is 12.9. The van der Waals surface area contributed by atoms with Crippen LogP contribution in [-0.2, 0) is 4.74 Å². The Kier molecular flexibility index (Phi) is 5.65. The summed E-state index contributed by atoms with van der Waals surface area (Å²) < 4.78 is 11.0. The van der Waals surface area contributed by atoms with Crippen LogP contribution < -0.4 is 4.74 Å². The number of H-pyrrole nitrogens is 1. The van der Waals surface area contributed by atoms with E-state index < -0.39 is 5.97 Å². The van der Waals surface area contributed by atoms with E-state index in [1.165, 1.54) is 0 Å². The molecule has 1 aromatic carbocycles. The zero-order valence-electron chi connectivity index (χ0n) is 12.1. The van der Waals surface area contributed by atoms with Gasteiger partial charge in [0.1, 0.15) is 18.1 Å². The maximum atomic E-state index is 10.9. The van der Waals surface area contributed by atoms with Crippen LogP contribution in [0, 0.1) is 0 Å². The number of fused-ring (bicyclic) bond motifs is 1. The average molecular weight is 327 g/mol. The highest BCUT2D eigenvalue weighted by Crippen LogP contribution is 2.21. The Bertz CT molecular complexity index is 638. The van der Waals surface area contributed by atoms with Crippen molar-refractivity contribution in [2.24, 2.45) is 0 Å². The van der Waals surface area contributed by atoms with Crippen molar-refractivity contribution < 1.29 is 19.4 Å². The summed E-state index contributed by atoms with van der Waals surface area (Å²) >= 11 is 0. The predicted molar refractivity (Wildman–Crippen MR) is 85.3 cm³/mol. The summed E-state index contributed by atoms with van der Waals surface area (Å²) in [6.45, 7) is 4.95. The Morgan fingerprint density at radius 2 is 2.09 bits per heavy atom. The maximum absolute atomic E-state index is 10.9. The first-order chi connectivity index (χ1) is 10.2. The number of halogens is 1. The van der Waals surface area contributed by atoms with E-state index in [2.05, 4.69) is 9.88 Å². The van der Waals surface area contributed by atoms with Crippen molar-refractivity contribution in [2.45, 2.75) is 0 Å². The van der Waals surface area contributed by atoms with Crippen LogP contribution in [-0.4, -0.2) is 60.4 Å². The Hall–Kier alpha value is -1.76. The molecule has 0 bridgehead atoms. The van der Waals surface area contributed by atoms with Crippen molar-refractivity contribution in [1.29, 1.82) is 0 Å². The fourth-order valence-electron chi connectivity index (χ4n) is 2.43. The molecule has 2 heterocycles. The standard InChI is InChI=1S/C15H18N2O4.ClH/c18-15(19)14-10-11-9-12(1-2-13(11)16-14)21-8-5-17-3-6-20-7-4-17;/h1-2,9-10,16H,3-8H2,(H,18,19);1H. The Balaban J connectivity index is 0.00000176. The number of hydrogen-bond acceptors (Lipinski definition) is 4. The van der Waals surface area contributed by atoms with Crippen LogP contribution in [0.5, 0.6) is 5.75 Å². The Morgan fingerprint density at radius 1 is 1.32 bits per heavy atom. The van der Waals surface area contributed by atoms with E-state index in [4.69, 9.17) is 14.6 Å². The Morgan fingerprint density at radius 3 is 2.82 bits per heavy atom. The number of aromatic nitrogens is 1. The molecule has 2 aromatic rings. The minimum Gasteiger partial charge on any atom is -0.492 e. The topological polar surface area (TPSA) is 74.8 Å². The number of aromatic amines is 1. The van der Waals surface area contributed by atoms with Gasteiger partial charge in [0, 0.05) is 30.5 Å². The summed E-state index contributed by atoms with van der Waals surface area (Å²) in [6.07, 6.45) is 0. The molecule has 3 rings (SSSR count). The van der Waals surface area contributed by atoms with Crippen LogP contribution in [0.4, 0.5) is 0 Å². The molecule has 1 saturated heterocycles. The second-order valence-electron chi connectivity index (χ2n) is 5.04. The smallest absolute Gasteiger partial charge is 0.352 e. The lowest BCUT2D eigenvalue weighted by atomic mass is 10.2. The number of carboxylic acid groups (broad SMARTS) is 1. The first-order valence-electron chi connectivity index (χ1n) is 7.01. The number of rotatable bonds is 5. The maximum Gasteiger partial charge on any atom is 0.352 e. The SMILES string of the molecule is Cl.O=C(O)c1cc2cc(OCCN3CCOCC3)ccc2[nH]1. The third-order valence-corrected chi connectivity index (χ3v) is 3.60. The summed E-state index contributed by atoms with van der Waals surface area (Å²) in [5.41, 5.74) is 0.989.